The van der Waals surface area contributed by atoms with Crippen LogP contribution >= 0.6 is 15.9 Å². The van der Waals surface area contributed by atoms with Gasteiger partial charge in [0.2, 0.25) is 0 Å². The Bertz CT molecular complexity index is 934. The minimum absolute atomic E-state index is 0.0721. The molecule has 1 saturated carbocycles. The maximum absolute atomic E-state index is 11.8. The summed E-state index contributed by atoms with van der Waals surface area (Å²) in [4.78, 5) is 23.5. The molecule has 0 radical (unpaired) electrons. The van der Waals surface area contributed by atoms with E-state index in [9.17, 15) is 14.9 Å². The SMILES string of the molecule is COC(=O)c1ccc(Nc2nn([C@H]3CCCC3C#N)cc2C(N)=O)cc1Br. The van der Waals surface area contributed by atoms with E-state index in [1.807, 2.05) is 0 Å². The molecule has 1 aromatic carbocycles. The lowest BCUT2D eigenvalue weighted by molar-refractivity contribution is 0.0599. The van der Waals surface area contributed by atoms with E-state index in [-0.39, 0.29) is 17.5 Å². The lowest BCUT2D eigenvalue weighted by Crippen LogP contribution is -2.14. The minimum atomic E-state index is -0.611. The zero-order valence-electron chi connectivity index (χ0n) is 14.6. The summed E-state index contributed by atoms with van der Waals surface area (Å²) in [5, 5.41) is 16.8. The number of amides is 1. The average molecular weight is 432 g/mol. The van der Waals surface area contributed by atoms with Crippen molar-refractivity contribution in [2.45, 2.75) is 25.3 Å². The van der Waals surface area contributed by atoms with Gasteiger partial charge in [-0.3, -0.25) is 9.48 Å². The summed E-state index contributed by atoms with van der Waals surface area (Å²) in [6.45, 7) is 0. The second-order valence-corrected chi connectivity index (χ2v) is 7.14. The summed E-state index contributed by atoms with van der Waals surface area (Å²) in [6, 6.07) is 7.19. The predicted molar refractivity (Wildman–Crippen MR) is 102 cm³/mol. The quantitative estimate of drug-likeness (QED) is 0.700. The molecule has 1 fully saturated rings. The number of nitrogens with zero attached hydrogens (tertiary/aromatic N) is 3. The Balaban J connectivity index is 1.90. The lowest BCUT2D eigenvalue weighted by atomic mass is 10.1. The number of hydrogen-bond donors (Lipinski definition) is 2. The first kappa shape index (κ1) is 18.9. The maximum atomic E-state index is 11.8. The summed E-state index contributed by atoms with van der Waals surface area (Å²) in [6.07, 6.45) is 4.18. The van der Waals surface area contributed by atoms with E-state index in [0.717, 1.165) is 19.3 Å². The van der Waals surface area contributed by atoms with Crippen molar-refractivity contribution in [1.29, 1.82) is 5.26 Å². The lowest BCUT2D eigenvalue weighted by Gasteiger charge is -2.13. The highest BCUT2D eigenvalue weighted by molar-refractivity contribution is 9.10. The van der Waals surface area contributed by atoms with Crippen molar-refractivity contribution in [3.8, 4) is 6.07 Å². The number of ether oxygens (including phenoxy) is 1. The van der Waals surface area contributed by atoms with Crippen molar-refractivity contribution in [1.82, 2.24) is 9.78 Å². The summed E-state index contributed by atoms with van der Waals surface area (Å²) in [5.74, 6) is -0.893. The largest absolute Gasteiger partial charge is 0.465 e. The molecule has 0 spiro atoms. The molecule has 1 unspecified atom stereocenters. The Morgan fingerprint density at radius 1 is 1.41 bits per heavy atom. The van der Waals surface area contributed by atoms with Crippen molar-refractivity contribution < 1.29 is 14.3 Å². The van der Waals surface area contributed by atoms with Crippen LogP contribution in [0.25, 0.3) is 0 Å². The topological polar surface area (TPSA) is 123 Å². The van der Waals surface area contributed by atoms with Crippen LogP contribution in [0.1, 0.15) is 46.0 Å². The molecule has 1 amide bonds. The van der Waals surface area contributed by atoms with Gasteiger partial charge in [0.1, 0.15) is 5.56 Å². The van der Waals surface area contributed by atoms with Crippen LogP contribution in [-0.4, -0.2) is 28.8 Å². The van der Waals surface area contributed by atoms with Crippen LogP contribution in [-0.2, 0) is 4.74 Å². The standard InChI is InChI=1S/C18H18BrN5O3/c1-27-18(26)12-6-5-11(7-14(12)19)22-17-13(16(21)25)9-24(23-17)15-4-2-3-10(15)8-20/h5-7,9-10,15H,2-4H2,1H3,(H2,21,25)(H,22,23)/t10?,15-/m0/s1. The molecule has 3 rings (SSSR count). The van der Waals surface area contributed by atoms with Crippen LogP contribution in [0.5, 0.6) is 0 Å². The number of primary amides is 1. The van der Waals surface area contributed by atoms with Gasteiger partial charge in [-0.05, 0) is 53.4 Å². The number of nitrogens with two attached hydrogens (primary N) is 1. The van der Waals surface area contributed by atoms with Crippen molar-refractivity contribution in [2.24, 2.45) is 11.7 Å². The molecule has 3 N–H and O–H groups in total. The number of halogens is 1. The maximum Gasteiger partial charge on any atom is 0.339 e. The molecule has 0 aliphatic heterocycles. The van der Waals surface area contributed by atoms with Crippen LogP contribution < -0.4 is 11.1 Å². The van der Waals surface area contributed by atoms with E-state index in [1.54, 1.807) is 29.1 Å². The molecular weight excluding hydrogens is 414 g/mol. The first-order valence-corrected chi connectivity index (χ1v) is 9.17. The van der Waals surface area contributed by atoms with Crippen molar-refractivity contribution in [3.05, 3.63) is 40.0 Å². The number of anilines is 2. The molecule has 1 aliphatic rings. The highest BCUT2D eigenvalue weighted by atomic mass is 79.9. The molecule has 9 heteroatoms. The van der Waals surface area contributed by atoms with Gasteiger partial charge >= 0.3 is 5.97 Å². The average Bonchev–Trinajstić information content (AvgIpc) is 3.27. The monoisotopic (exact) mass is 431 g/mol. The van der Waals surface area contributed by atoms with Gasteiger partial charge in [-0.15, -0.1) is 0 Å². The summed E-state index contributed by atoms with van der Waals surface area (Å²) in [7, 11) is 1.31. The van der Waals surface area contributed by atoms with E-state index in [4.69, 9.17) is 10.5 Å². The normalized spacial score (nSPS) is 18.7. The molecule has 27 heavy (non-hydrogen) atoms. The van der Waals surface area contributed by atoms with Gasteiger partial charge in [0.05, 0.1) is 30.7 Å². The van der Waals surface area contributed by atoms with E-state index in [1.165, 1.54) is 7.11 Å². The van der Waals surface area contributed by atoms with Crippen molar-refractivity contribution >= 4 is 39.3 Å². The Morgan fingerprint density at radius 2 is 2.19 bits per heavy atom. The number of nitrogens with one attached hydrogen (secondary N) is 1. The Morgan fingerprint density at radius 3 is 2.81 bits per heavy atom. The molecule has 2 atom stereocenters. The van der Waals surface area contributed by atoms with Gasteiger partial charge in [0.15, 0.2) is 5.82 Å². The number of benzene rings is 1. The van der Waals surface area contributed by atoms with E-state index < -0.39 is 11.9 Å². The number of hydrogen-bond acceptors (Lipinski definition) is 6. The van der Waals surface area contributed by atoms with E-state index in [0.29, 0.717) is 21.5 Å². The van der Waals surface area contributed by atoms with Gasteiger partial charge in [-0.2, -0.15) is 10.4 Å². The summed E-state index contributed by atoms with van der Waals surface area (Å²) < 4.78 is 6.91. The Kier molecular flexibility index (Phi) is 5.46. The van der Waals surface area contributed by atoms with Crippen LogP contribution in [0, 0.1) is 17.2 Å². The zero-order chi connectivity index (χ0) is 19.6. The highest BCUT2D eigenvalue weighted by Crippen LogP contribution is 2.36. The molecule has 8 nitrogen and oxygen atoms in total. The number of rotatable bonds is 5. The molecule has 0 saturated heterocycles. The van der Waals surface area contributed by atoms with E-state index >= 15 is 0 Å². The first-order valence-electron chi connectivity index (χ1n) is 8.38. The van der Waals surface area contributed by atoms with Gasteiger partial charge in [-0.25, -0.2) is 4.79 Å². The predicted octanol–water partition coefficient (Wildman–Crippen LogP) is 3.14. The Labute approximate surface area is 164 Å². The van der Waals surface area contributed by atoms with Crippen LogP contribution in [0.15, 0.2) is 28.9 Å². The van der Waals surface area contributed by atoms with Gasteiger partial charge in [-0.1, -0.05) is 0 Å². The van der Waals surface area contributed by atoms with Crippen LogP contribution in [0.4, 0.5) is 11.5 Å². The fourth-order valence-corrected chi connectivity index (χ4v) is 3.79. The molecule has 140 valence electrons. The fraction of sp³-hybridized carbons (Fsp3) is 0.333. The third kappa shape index (κ3) is 3.80. The first-order chi connectivity index (χ1) is 12.9. The second kappa shape index (κ2) is 7.80. The summed E-state index contributed by atoms with van der Waals surface area (Å²) >= 11 is 3.33. The van der Waals surface area contributed by atoms with Gasteiger partial charge in [0.25, 0.3) is 5.91 Å². The van der Waals surface area contributed by atoms with Crippen LogP contribution in [0.3, 0.4) is 0 Å². The molecular formula is C18H18BrN5O3. The number of carbonyl (C=O) groups excluding carboxylic acids is 2. The third-order valence-electron chi connectivity index (χ3n) is 4.62. The number of aromatic nitrogens is 2. The number of methoxy groups -OCH3 is 1. The highest BCUT2D eigenvalue weighted by Gasteiger charge is 2.30. The van der Waals surface area contributed by atoms with Crippen molar-refractivity contribution in [2.75, 3.05) is 12.4 Å². The summed E-state index contributed by atoms with van der Waals surface area (Å²) in [5.41, 5.74) is 6.73. The zero-order valence-corrected chi connectivity index (χ0v) is 16.2. The van der Waals surface area contributed by atoms with Crippen LogP contribution in [0.2, 0.25) is 0 Å². The molecule has 1 aromatic heterocycles. The smallest absolute Gasteiger partial charge is 0.339 e. The number of esters is 1. The molecule has 0 bridgehead atoms. The van der Waals surface area contributed by atoms with Gasteiger partial charge < -0.3 is 15.8 Å². The Hall–Kier alpha value is -2.86. The molecule has 1 aliphatic carbocycles. The third-order valence-corrected chi connectivity index (χ3v) is 5.28. The molecule has 2 aromatic rings. The number of nitriles is 1. The minimum Gasteiger partial charge on any atom is -0.465 e. The molecule has 1 heterocycles. The second-order valence-electron chi connectivity index (χ2n) is 6.28. The number of carbonyl (C=O) groups is 2. The van der Waals surface area contributed by atoms with Crippen molar-refractivity contribution in [3.63, 3.8) is 0 Å². The van der Waals surface area contributed by atoms with E-state index in [2.05, 4.69) is 32.4 Å². The van der Waals surface area contributed by atoms with Gasteiger partial charge in [0, 0.05) is 16.4 Å². The fourth-order valence-electron chi connectivity index (χ4n) is 3.25.